The van der Waals surface area contributed by atoms with Crippen molar-refractivity contribution in [1.82, 2.24) is 0 Å². The lowest BCUT2D eigenvalue weighted by Gasteiger charge is -2.17. The van der Waals surface area contributed by atoms with Gasteiger partial charge in [-0.15, -0.1) is 0 Å². The SMILES string of the molecule is CCC(=O)Nc1cccc(NC(=O)C(C)Oc2ccc(OC)cc2)c1C. The third-order valence-corrected chi connectivity index (χ3v) is 3.93. The van der Waals surface area contributed by atoms with Crippen molar-refractivity contribution in [2.75, 3.05) is 17.7 Å². The molecule has 6 nitrogen and oxygen atoms in total. The van der Waals surface area contributed by atoms with Crippen molar-refractivity contribution in [2.45, 2.75) is 33.3 Å². The number of methoxy groups -OCH3 is 1. The Kier molecular flexibility index (Phi) is 6.60. The molecule has 2 aromatic rings. The summed E-state index contributed by atoms with van der Waals surface area (Å²) in [5.74, 6) is 0.945. The Bertz CT molecular complexity index is 772. The van der Waals surface area contributed by atoms with Gasteiger partial charge in [-0.25, -0.2) is 0 Å². The Morgan fingerprint density at radius 2 is 1.58 bits per heavy atom. The van der Waals surface area contributed by atoms with Crippen LogP contribution in [-0.4, -0.2) is 25.0 Å². The number of anilines is 2. The van der Waals surface area contributed by atoms with Crippen molar-refractivity contribution in [3.05, 3.63) is 48.0 Å². The summed E-state index contributed by atoms with van der Waals surface area (Å²) < 4.78 is 10.8. The Morgan fingerprint density at radius 1 is 1.00 bits per heavy atom. The lowest BCUT2D eigenvalue weighted by molar-refractivity contribution is -0.122. The minimum Gasteiger partial charge on any atom is -0.497 e. The monoisotopic (exact) mass is 356 g/mol. The molecule has 0 aliphatic carbocycles. The van der Waals surface area contributed by atoms with E-state index in [1.54, 1.807) is 63.4 Å². The summed E-state index contributed by atoms with van der Waals surface area (Å²) >= 11 is 0. The largest absolute Gasteiger partial charge is 0.497 e. The predicted molar refractivity (Wildman–Crippen MR) is 102 cm³/mol. The zero-order chi connectivity index (χ0) is 19.1. The van der Waals surface area contributed by atoms with Gasteiger partial charge in [0.2, 0.25) is 5.91 Å². The molecule has 0 heterocycles. The number of rotatable bonds is 7. The van der Waals surface area contributed by atoms with Crippen LogP contribution in [0.15, 0.2) is 42.5 Å². The maximum atomic E-state index is 12.4. The van der Waals surface area contributed by atoms with E-state index >= 15 is 0 Å². The summed E-state index contributed by atoms with van der Waals surface area (Å²) in [4.78, 5) is 24.0. The minimum atomic E-state index is -0.684. The van der Waals surface area contributed by atoms with Gasteiger partial charge in [0.05, 0.1) is 7.11 Å². The van der Waals surface area contributed by atoms with Crippen molar-refractivity contribution in [3.63, 3.8) is 0 Å². The van der Waals surface area contributed by atoms with Crippen LogP contribution in [0.1, 0.15) is 25.8 Å². The predicted octanol–water partition coefficient (Wildman–Crippen LogP) is 3.76. The molecular formula is C20H24N2O4. The third kappa shape index (κ3) is 4.99. The van der Waals surface area contributed by atoms with Gasteiger partial charge in [-0.3, -0.25) is 9.59 Å². The molecule has 0 aliphatic heterocycles. The van der Waals surface area contributed by atoms with Gasteiger partial charge in [-0.05, 0) is 55.8 Å². The summed E-state index contributed by atoms with van der Waals surface area (Å²) in [6.07, 6.45) is -0.292. The summed E-state index contributed by atoms with van der Waals surface area (Å²) in [5.41, 5.74) is 2.10. The normalized spacial score (nSPS) is 11.4. The lowest BCUT2D eigenvalue weighted by atomic mass is 10.1. The maximum absolute atomic E-state index is 12.4. The number of benzene rings is 2. The highest BCUT2D eigenvalue weighted by Crippen LogP contribution is 2.24. The van der Waals surface area contributed by atoms with Crippen molar-refractivity contribution < 1.29 is 19.1 Å². The van der Waals surface area contributed by atoms with Gasteiger partial charge in [0.15, 0.2) is 6.10 Å². The summed E-state index contributed by atoms with van der Waals surface area (Å²) in [7, 11) is 1.59. The zero-order valence-electron chi connectivity index (χ0n) is 15.5. The molecule has 2 rings (SSSR count). The van der Waals surface area contributed by atoms with E-state index in [0.717, 1.165) is 11.3 Å². The number of ether oxygens (including phenoxy) is 2. The summed E-state index contributed by atoms with van der Waals surface area (Å²) in [5, 5.41) is 5.66. The molecule has 1 atom stereocenters. The highest BCUT2D eigenvalue weighted by Gasteiger charge is 2.17. The van der Waals surface area contributed by atoms with Gasteiger partial charge < -0.3 is 20.1 Å². The number of amides is 2. The molecule has 2 amide bonds. The van der Waals surface area contributed by atoms with Crippen LogP contribution in [-0.2, 0) is 9.59 Å². The molecule has 138 valence electrons. The third-order valence-electron chi connectivity index (χ3n) is 3.93. The van der Waals surface area contributed by atoms with Gasteiger partial charge >= 0.3 is 0 Å². The van der Waals surface area contributed by atoms with Crippen LogP contribution in [0.5, 0.6) is 11.5 Å². The van der Waals surface area contributed by atoms with Crippen LogP contribution >= 0.6 is 0 Å². The topological polar surface area (TPSA) is 76.7 Å². The van der Waals surface area contributed by atoms with Crippen LogP contribution in [0.2, 0.25) is 0 Å². The number of carbonyl (C=O) groups is 2. The first-order chi connectivity index (χ1) is 12.4. The second-order valence-corrected chi connectivity index (χ2v) is 5.80. The first-order valence-corrected chi connectivity index (χ1v) is 8.45. The summed E-state index contributed by atoms with van der Waals surface area (Å²) in [6, 6.07) is 12.4. The Morgan fingerprint density at radius 3 is 2.15 bits per heavy atom. The van der Waals surface area contributed by atoms with Crippen LogP contribution in [0.4, 0.5) is 11.4 Å². The van der Waals surface area contributed by atoms with Gasteiger partial charge in [-0.2, -0.15) is 0 Å². The number of carbonyl (C=O) groups excluding carboxylic acids is 2. The van der Waals surface area contributed by atoms with Crippen molar-refractivity contribution >= 4 is 23.2 Å². The van der Waals surface area contributed by atoms with E-state index in [4.69, 9.17) is 9.47 Å². The van der Waals surface area contributed by atoms with Crippen LogP contribution < -0.4 is 20.1 Å². The van der Waals surface area contributed by atoms with E-state index in [1.807, 2.05) is 6.92 Å². The Balaban J connectivity index is 2.03. The van der Waals surface area contributed by atoms with Crippen molar-refractivity contribution in [3.8, 4) is 11.5 Å². The highest BCUT2D eigenvalue weighted by molar-refractivity contribution is 5.97. The molecule has 0 aliphatic rings. The van der Waals surface area contributed by atoms with E-state index in [0.29, 0.717) is 23.5 Å². The van der Waals surface area contributed by atoms with Crippen LogP contribution in [0.25, 0.3) is 0 Å². The van der Waals surface area contributed by atoms with E-state index in [9.17, 15) is 9.59 Å². The molecule has 1 unspecified atom stereocenters. The van der Waals surface area contributed by atoms with E-state index in [1.165, 1.54) is 0 Å². The first-order valence-electron chi connectivity index (χ1n) is 8.45. The summed E-state index contributed by atoms with van der Waals surface area (Å²) in [6.45, 7) is 5.31. The average Bonchev–Trinajstić information content (AvgIpc) is 2.65. The van der Waals surface area contributed by atoms with E-state index < -0.39 is 6.10 Å². The highest BCUT2D eigenvalue weighted by atomic mass is 16.5. The zero-order valence-corrected chi connectivity index (χ0v) is 15.5. The van der Waals surface area contributed by atoms with Gasteiger partial charge in [0.25, 0.3) is 5.91 Å². The second-order valence-electron chi connectivity index (χ2n) is 5.80. The maximum Gasteiger partial charge on any atom is 0.265 e. The molecule has 2 N–H and O–H groups in total. The molecule has 26 heavy (non-hydrogen) atoms. The quantitative estimate of drug-likeness (QED) is 0.792. The molecule has 2 aromatic carbocycles. The molecular weight excluding hydrogens is 332 g/mol. The van der Waals surface area contributed by atoms with Crippen LogP contribution in [0.3, 0.4) is 0 Å². The fourth-order valence-corrected chi connectivity index (χ4v) is 2.29. The van der Waals surface area contributed by atoms with Gasteiger partial charge in [-0.1, -0.05) is 13.0 Å². The molecule has 0 aromatic heterocycles. The van der Waals surface area contributed by atoms with Crippen molar-refractivity contribution in [1.29, 1.82) is 0 Å². The fourth-order valence-electron chi connectivity index (χ4n) is 2.29. The standard InChI is InChI=1S/C20H24N2O4/c1-5-19(23)21-17-7-6-8-18(13(17)2)22-20(24)14(3)26-16-11-9-15(25-4)10-12-16/h6-12,14H,5H2,1-4H3,(H,21,23)(H,22,24). The van der Waals surface area contributed by atoms with Crippen LogP contribution in [0, 0.1) is 6.92 Å². The first kappa shape index (κ1) is 19.3. The second kappa shape index (κ2) is 8.89. The lowest BCUT2D eigenvalue weighted by Crippen LogP contribution is -2.30. The number of nitrogens with one attached hydrogen (secondary N) is 2. The molecule has 0 saturated heterocycles. The smallest absolute Gasteiger partial charge is 0.265 e. The van der Waals surface area contributed by atoms with Gasteiger partial charge in [0, 0.05) is 17.8 Å². The fraction of sp³-hybridized carbons (Fsp3) is 0.300. The molecule has 6 heteroatoms. The molecule has 0 spiro atoms. The van der Waals surface area contributed by atoms with E-state index in [2.05, 4.69) is 10.6 Å². The van der Waals surface area contributed by atoms with Crippen molar-refractivity contribution in [2.24, 2.45) is 0 Å². The van der Waals surface area contributed by atoms with Gasteiger partial charge in [0.1, 0.15) is 11.5 Å². The molecule has 0 saturated carbocycles. The molecule has 0 bridgehead atoms. The molecule has 0 radical (unpaired) electrons. The number of hydrogen-bond acceptors (Lipinski definition) is 4. The Hall–Kier alpha value is -3.02. The average molecular weight is 356 g/mol. The number of hydrogen-bond donors (Lipinski definition) is 2. The molecule has 0 fully saturated rings. The Labute approximate surface area is 153 Å². The van der Waals surface area contributed by atoms with E-state index in [-0.39, 0.29) is 11.8 Å². The minimum absolute atomic E-state index is 0.0761.